The molecule has 0 amide bonds. The summed E-state index contributed by atoms with van der Waals surface area (Å²) in [6.45, 7) is 9.36. The molecule has 0 aliphatic rings. The fraction of sp³-hybridized carbons (Fsp3) is 1.00. The van der Waals surface area contributed by atoms with Gasteiger partial charge in [0.05, 0.1) is 0 Å². The summed E-state index contributed by atoms with van der Waals surface area (Å²) in [5.74, 6) is 0. The van der Waals surface area contributed by atoms with Crippen molar-refractivity contribution in [2.24, 2.45) is 0 Å². The molecular formula is C14H33NOSi. The first kappa shape index (κ1) is 17.1. The number of unbranched alkanes of at least 4 members (excludes halogenated alkanes) is 4. The van der Waals surface area contributed by atoms with E-state index in [0.29, 0.717) is 0 Å². The fourth-order valence-electron chi connectivity index (χ4n) is 2.23. The van der Waals surface area contributed by atoms with Gasteiger partial charge in [-0.15, -0.1) is 0 Å². The lowest BCUT2D eigenvalue weighted by atomic mass is 10.2. The van der Waals surface area contributed by atoms with E-state index in [1.165, 1.54) is 64.1 Å². The molecule has 0 N–H and O–H groups in total. The molecule has 0 fully saturated rings. The molecule has 0 aliphatic carbocycles. The van der Waals surface area contributed by atoms with Crippen LogP contribution in [0.4, 0.5) is 0 Å². The summed E-state index contributed by atoms with van der Waals surface area (Å²) in [6, 6.07) is 1.30. The maximum absolute atomic E-state index is 5.78. The van der Waals surface area contributed by atoms with Crippen LogP contribution in [0, 0.1) is 0 Å². The Bertz CT molecular complexity index is 145. The third-order valence-corrected chi connectivity index (χ3v) is 6.26. The van der Waals surface area contributed by atoms with Gasteiger partial charge in [-0.05, 0) is 32.0 Å². The van der Waals surface area contributed by atoms with Gasteiger partial charge in [0, 0.05) is 7.11 Å². The molecule has 3 heteroatoms. The maximum atomic E-state index is 5.78. The summed E-state index contributed by atoms with van der Waals surface area (Å²) < 4.78 is 8.47. The van der Waals surface area contributed by atoms with Crippen LogP contribution in [0.2, 0.25) is 6.04 Å². The lowest BCUT2D eigenvalue weighted by Crippen LogP contribution is -2.42. The zero-order valence-corrected chi connectivity index (χ0v) is 13.7. The van der Waals surface area contributed by atoms with Crippen LogP contribution >= 0.6 is 0 Å². The quantitative estimate of drug-likeness (QED) is 0.389. The van der Waals surface area contributed by atoms with Crippen molar-refractivity contribution in [1.82, 2.24) is 4.57 Å². The van der Waals surface area contributed by atoms with Crippen LogP contribution in [0.15, 0.2) is 0 Å². The van der Waals surface area contributed by atoms with Gasteiger partial charge in [0.25, 0.3) is 9.20 Å². The number of rotatable bonds is 12. The molecule has 0 rings (SSSR count). The first-order chi connectivity index (χ1) is 8.29. The maximum Gasteiger partial charge on any atom is 0.254 e. The first-order valence-electron chi connectivity index (χ1n) is 7.56. The van der Waals surface area contributed by atoms with E-state index in [4.69, 9.17) is 4.43 Å². The second kappa shape index (κ2) is 12.6. The topological polar surface area (TPSA) is 12.5 Å². The SMILES string of the molecule is CCCCCN(CCCCC)[SiH](CCC)OC. The molecular weight excluding hydrogens is 226 g/mol. The molecule has 1 unspecified atom stereocenters. The molecule has 0 radical (unpaired) electrons. The Kier molecular flexibility index (Phi) is 12.7. The van der Waals surface area contributed by atoms with Crippen LogP contribution < -0.4 is 0 Å². The molecule has 0 heterocycles. The minimum Gasteiger partial charge on any atom is -0.409 e. The Morgan fingerprint density at radius 2 is 1.35 bits per heavy atom. The predicted molar refractivity (Wildman–Crippen MR) is 79.9 cm³/mol. The van der Waals surface area contributed by atoms with Crippen LogP contribution in [-0.2, 0) is 4.43 Å². The average molecular weight is 260 g/mol. The number of nitrogens with zero attached hydrogens (tertiary/aromatic N) is 1. The molecule has 0 aromatic rings. The molecule has 1 atom stereocenters. The number of hydrogen-bond acceptors (Lipinski definition) is 2. The van der Waals surface area contributed by atoms with Crippen LogP contribution in [-0.4, -0.2) is 34.0 Å². The van der Waals surface area contributed by atoms with Gasteiger partial charge in [0.2, 0.25) is 0 Å². The van der Waals surface area contributed by atoms with Crippen molar-refractivity contribution in [2.75, 3.05) is 20.2 Å². The highest BCUT2D eigenvalue weighted by molar-refractivity contribution is 6.48. The van der Waals surface area contributed by atoms with Gasteiger partial charge in [-0.2, -0.15) is 0 Å². The molecule has 104 valence electrons. The van der Waals surface area contributed by atoms with E-state index in [9.17, 15) is 0 Å². The van der Waals surface area contributed by atoms with Crippen molar-refractivity contribution in [3.05, 3.63) is 0 Å². The van der Waals surface area contributed by atoms with E-state index in [1.807, 2.05) is 7.11 Å². The molecule has 0 aromatic heterocycles. The van der Waals surface area contributed by atoms with Gasteiger partial charge in [0.15, 0.2) is 0 Å². The van der Waals surface area contributed by atoms with E-state index < -0.39 is 9.20 Å². The van der Waals surface area contributed by atoms with Crippen molar-refractivity contribution in [2.45, 2.75) is 71.8 Å². The van der Waals surface area contributed by atoms with Gasteiger partial charge in [0.1, 0.15) is 0 Å². The lowest BCUT2D eigenvalue weighted by Gasteiger charge is -2.29. The predicted octanol–water partition coefficient (Wildman–Crippen LogP) is 3.95. The van der Waals surface area contributed by atoms with E-state index in [1.54, 1.807) is 0 Å². The van der Waals surface area contributed by atoms with Crippen molar-refractivity contribution >= 4 is 9.20 Å². The van der Waals surface area contributed by atoms with E-state index in [2.05, 4.69) is 25.3 Å². The second-order valence-corrected chi connectivity index (χ2v) is 7.62. The van der Waals surface area contributed by atoms with E-state index in [0.717, 1.165) is 0 Å². The summed E-state index contributed by atoms with van der Waals surface area (Å²) in [5.41, 5.74) is 0. The van der Waals surface area contributed by atoms with Gasteiger partial charge >= 0.3 is 0 Å². The Morgan fingerprint density at radius 3 is 1.71 bits per heavy atom. The summed E-state index contributed by atoms with van der Waals surface area (Å²) in [4.78, 5) is 0. The third-order valence-electron chi connectivity index (χ3n) is 3.31. The number of hydrogen-bond donors (Lipinski definition) is 0. The fourth-order valence-corrected chi connectivity index (χ4v) is 4.56. The molecule has 17 heavy (non-hydrogen) atoms. The summed E-state index contributed by atoms with van der Waals surface area (Å²) in [6.07, 6.45) is 9.31. The Labute approximate surface area is 111 Å². The summed E-state index contributed by atoms with van der Waals surface area (Å²) in [5, 5.41) is 0. The first-order valence-corrected chi connectivity index (χ1v) is 9.37. The van der Waals surface area contributed by atoms with Gasteiger partial charge in [-0.1, -0.05) is 52.9 Å². The zero-order chi connectivity index (χ0) is 12.9. The van der Waals surface area contributed by atoms with Crippen LogP contribution in [0.5, 0.6) is 0 Å². The molecule has 0 saturated heterocycles. The highest BCUT2D eigenvalue weighted by atomic mass is 28.3. The average Bonchev–Trinajstić information content (AvgIpc) is 2.35. The largest absolute Gasteiger partial charge is 0.409 e. The molecule has 0 aliphatic heterocycles. The molecule has 0 bridgehead atoms. The highest BCUT2D eigenvalue weighted by Crippen LogP contribution is 2.09. The molecule has 0 saturated carbocycles. The standard InChI is InChI=1S/C14H33NOSi/c1-5-8-10-12-15(13-11-9-6-2)17(16-4)14-7-3/h17H,5-14H2,1-4H3. The van der Waals surface area contributed by atoms with Crippen molar-refractivity contribution in [3.63, 3.8) is 0 Å². The summed E-state index contributed by atoms with van der Waals surface area (Å²) >= 11 is 0. The molecule has 2 nitrogen and oxygen atoms in total. The molecule has 0 aromatic carbocycles. The summed E-state index contributed by atoms with van der Waals surface area (Å²) in [7, 11) is 0.836. The monoisotopic (exact) mass is 259 g/mol. The van der Waals surface area contributed by atoms with Crippen LogP contribution in [0.25, 0.3) is 0 Å². The normalized spacial score (nSPS) is 13.2. The van der Waals surface area contributed by atoms with E-state index in [-0.39, 0.29) is 0 Å². The minimum absolute atomic E-state index is 1.08. The van der Waals surface area contributed by atoms with Gasteiger partial charge in [-0.25, -0.2) is 0 Å². The lowest BCUT2D eigenvalue weighted by molar-refractivity contribution is 0.301. The third kappa shape index (κ3) is 8.81. The van der Waals surface area contributed by atoms with Crippen LogP contribution in [0.3, 0.4) is 0 Å². The van der Waals surface area contributed by atoms with Gasteiger partial charge in [-0.3, -0.25) is 0 Å². The van der Waals surface area contributed by atoms with Crippen molar-refractivity contribution in [1.29, 1.82) is 0 Å². The highest BCUT2D eigenvalue weighted by Gasteiger charge is 2.18. The van der Waals surface area contributed by atoms with Crippen molar-refractivity contribution in [3.8, 4) is 0 Å². The van der Waals surface area contributed by atoms with Gasteiger partial charge < -0.3 is 8.99 Å². The molecule has 0 spiro atoms. The smallest absolute Gasteiger partial charge is 0.254 e. The van der Waals surface area contributed by atoms with E-state index >= 15 is 0 Å². The minimum atomic E-state index is -1.08. The Morgan fingerprint density at radius 1 is 0.824 bits per heavy atom. The zero-order valence-electron chi connectivity index (χ0n) is 12.5. The Balaban J connectivity index is 4.04. The Hall–Kier alpha value is 0.137. The second-order valence-electron chi connectivity index (χ2n) is 4.93. The van der Waals surface area contributed by atoms with Crippen molar-refractivity contribution < 1.29 is 4.43 Å². The van der Waals surface area contributed by atoms with Crippen LogP contribution in [0.1, 0.15) is 65.7 Å².